The molecule has 8 heteroatoms. The Hall–Kier alpha value is -3.22. The molecule has 0 radical (unpaired) electrons. The Morgan fingerprint density at radius 3 is 2.24 bits per heavy atom. The number of hydrogen-bond acceptors (Lipinski definition) is 6. The van der Waals surface area contributed by atoms with Crippen molar-refractivity contribution in [2.75, 3.05) is 13.1 Å². The van der Waals surface area contributed by atoms with Crippen LogP contribution in [0.5, 0.6) is 0 Å². The molecule has 1 heterocycles. The SMILES string of the molecule is C.C[C@@H](O)[C@H](NC(=O)c1ccc(C#Cc2ccc(CNC[C@H]3CCCN3)cc2)cc1)C(=O)NO. The van der Waals surface area contributed by atoms with Crippen molar-refractivity contribution in [2.24, 2.45) is 0 Å². The molecule has 182 valence electrons. The van der Waals surface area contributed by atoms with Crippen LogP contribution in [0, 0.1) is 11.8 Å². The molecule has 0 bridgehead atoms. The lowest BCUT2D eigenvalue weighted by Gasteiger charge is -2.19. The van der Waals surface area contributed by atoms with Gasteiger partial charge in [0.2, 0.25) is 0 Å². The third-order valence-corrected chi connectivity index (χ3v) is 5.50. The maximum Gasteiger partial charge on any atom is 0.268 e. The van der Waals surface area contributed by atoms with Gasteiger partial charge in [-0.05, 0) is 68.3 Å². The molecule has 0 aromatic heterocycles. The van der Waals surface area contributed by atoms with Gasteiger partial charge in [-0.3, -0.25) is 14.8 Å². The second-order valence-corrected chi connectivity index (χ2v) is 8.12. The first-order valence-corrected chi connectivity index (χ1v) is 11.0. The molecular formula is C26H34N4O4. The predicted octanol–water partition coefficient (Wildman–Crippen LogP) is 1.55. The zero-order valence-corrected chi connectivity index (χ0v) is 18.6. The topological polar surface area (TPSA) is 123 Å². The van der Waals surface area contributed by atoms with Crippen molar-refractivity contribution in [3.05, 3.63) is 70.8 Å². The van der Waals surface area contributed by atoms with Crippen LogP contribution in [0.3, 0.4) is 0 Å². The van der Waals surface area contributed by atoms with Gasteiger partial charge in [0.05, 0.1) is 6.10 Å². The number of aliphatic hydroxyl groups excluding tert-OH is 1. The zero-order valence-electron chi connectivity index (χ0n) is 18.6. The first-order chi connectivity index (χ1) is 16.0. The van der Waals surface area contributed by atoms with Gasteiger partial charge in [-0.2, -0.15) is 0 Å². The summed E-state index contributed by atoms with van der Waals surface area (Å²) in [6, 6.07) is 14.0. The Morgan fingerprint density at radius 2 is 1.71 bits per heavy atom. The molecule has 1 aliphatic heterocycles. The van der Waals surface area contributed by atoms with Crippen LogP contribution in [0.2, 0.25) is 0 Å². The van der Waals surface area contributed by atoms with E-state index in [0.29, 0.717) is 11.6 Å². The number of rotatable bonds is 8. The Labute approximate surface area is 201 Å². The maximum atomic E-state index is 12.3. The normalized spacial score (nSPS) is 16.4. The molecule has 0 spiro atoms. The van der Waals surface area contributed by atoms with Crippen LogP contribution in [0.25, 0.3) is 0 Å². The number of aliphatic hydroxyl groups is 1. The fraction of sp³-hybridized carbons (Fsp3) is 0.385. The average Bonchev–Trinajstić information content (AvgIpc) is 3.35. The monoisotopic (exact) mass is 466 g/mol. The minimum absolute atomic E-state index is 0. The molecule has 34 heavy (non-hydrogen) atoms. The molecule has 8 nitrogen and oxygen atoms in total. The van der Waals surface area contributed by atoms with Crippen LogP contribution in [-0.4, -0.2) is 53.4 Å². The number of carbonyl (C=O) groups excluding carboxylic acids is 2. The number of nitrogens with one attached hydrogen (secondary N) is 4. The van der Waals surface area contributed by atoms with Gasteiger partial charge >= 0.3 is 0 Å². The second-order valence-electron chi connectivity index (χ2n) is 8.12. The molecule has 0 saturated carbocycles. The van der Waals surface area contributed by atoms with Gasteiger partial charge in [0.25, 0.3) is 11.8 Å². The average molecular weight is 467 g/mol. The van der Waals surface area contributed by atoms with E-state index in [4.69, 9.17) is 5.21 Å². The summed E-state index contributed by atoms with van der Waals surface area (Å²) in [7, 11) is 0. The Morgan fingerprint density at radius 1 is 1.09 bits per heavy atom. The molecule has 1 fully saturated rings. The van der Waals surface area contributed by atoms with Crippen LogP contribution in [0.15, 0.2) is 48.5 Å². The summed E-state index contributed by atoms with van der Waals surface area (Å²) in [5.41, 5.74) is 4.58. The minimum atomic E-state index is -1.26. The van der Waals surface area contributed by atoms with E-state index in [1.165, 1.54) is 30.8 Å². The molecule has 0 aliphatic carbocycles. The first-order valence-electron chi connectivity index (χ1n) is 11.0. The lowest BCUT2D eigenvalue weighted by atomic mass is 10.1. The third kappa shape index (κ3) is 7.97. The number of benzene rings is 2. The standard InChI is InChI=1S/C25H30N4O4.CH4/c1-17(30)23(25(32)29-33)28-24(31)21-12-10-19(11-13-21)5-4-18-6-8-20(9-7-18)15-26-16-22-3-2-14-27-22;/h6-13,17,22-23,26-27,30,33H,2-3,14-16H2,1H3,(H,28,31)(H,29,32);1H4/t17-,22-,23+;/m1./s1. The van der Waals surface area contributed by atoms with E-state index in [0.717, 1.165) is 30.8 Å². The third-order valence-electron chi connectivity index (χ3n) is 5.50. The van der Waals surface area contributed by atoms with E-state index in [1.54, 1.807) is 24.3 Å². The van der Waals surface area contributed by atoms with Crippen LogP contribution >= 0.6 is 0 Å². The van der Waals surface area contributed by atoms with E-state index >= 15 is 0 Å². The lowest BCUT2D eigenvalue weighted by molar-refractivity contribution is -0.133. The molecule has 3 rings (SSSR count). The fourth-order valence-corrected chi connectivity index (χ4v) is 3.58. The first kappa shape index (κ1) is 27.0. The maximum absolute atomic E-state index is 12.3. The fourth-order valence-electron chi connectivity index (χ4n) is 3.58. The van der Waals surface area contributed by atoms with Gasteiger partial charge in [0, 0.05) is 35.8 Å². The van der Waals surface area contributed by atoms with E-state index in [-0.39, 0.29) is 7.43 Å². The van der Waals surface area contributed by atoms with Crippen LogP contribution in [-0.2, 0) is 11.3 Å². The number of carbonyl (C=O) groups is 2. The Kier molecular flexibility index (Phi) is 10.7. The van der Waals surface area contributed by atoms with E-state index in [2.05, 4.69) is 39.9 Å². The number of hydrogen-bond donors (Lipinski definition) is 6. The molecule has 1 saturated heterocycles. The molecule has 2 amide bonds. The highest BCUT2D eigenvalue weighted by Gasteiger charge is 2.25. The van der Waals surface area contributed by atoms with Crippen molar-refractivity contribution in [1.82, 2.24) is 21.4 Å². The van der Waals surface area contributed by atoms with Gasteiger partial charge in [-0.15, -0.1) is 0 Å². The molecule has 6 N–H and O–H groups in total. The van der Waals surface area contributed by atoms with Crippen molar-refractivity contribution >= 4 is 11.8 Å². The van der Waals surface area contributed by atoms with Crippen molar-refractivity contribution in [1.29, 1.82) is 0 Å². The molecular weight excluding hydrogens is 432 g/mol. The summed E-state index contributed by atoms with van der Waals surface area (Å²) in [4.78, 5) is 23.9. The molecule has 0 unspecified atom stereocenters. The smallest absolute Gasteiger partial charge is 0.268 e. The highest BCUT2D eigenvalue weighted by molar-refractivity contribution is 5.97. The van der Waals surface area contributed by atoms with Crippen molar-refractivity contribution < 1.29 is 19.9 Å². The van der Waals surface area contributed by atoms with Crippen LogP contribution in [0.4, 0.5) is 0 Å². The van der Waals surface area contributed by atoms with Crippen LogP contribution < -0.4 is 21.4 Å². The van der Waals surface area contributed by atoms with Crippen molar-refractivity contribution in [3.8, 4) is 11.8 Å². The highest BCUT2D eigenvalue weighted by Crippen LogP contribution is 2.08. The van der Waals surface area contributed by atoms with Gasteiger partial charge in [-0.1, -0.05) is 31.4 Å². The van der Waals surface area contributed by atoms with Crippen LogP contribution in [0.1, 0.15) is 54.2 Å². The summed E-state index contributed by atoms with van der Waals surface area (Å²) in [5.74, 6) is 4.74. The number of amides is 2. The van der Waals surface area contributed by atoms with Crippen molar-refractivity contribution in [3.63, 3.8) is 0 Å². The zero-order chi connectivity index (χ0) is 23.6. The predicted molar refractivity (Wildman–Crippen MR) is 131 cm³/mol. The van der Waals surface area contributed by atoms with E-state index < -0.39 is 24.0 Å². The summed E-state index contributed by atoms with van der Waals surface area (Å²) < 4.78 is 0. The van der Waals surface area contributed by atoms with Gasteiger partial charge in [0.15, 0.2) is 0 Å². The van der Waals surface area contributed by atoms with Gasteiger partial charge < -0.3 is 21.1 Å². The van der Waals surface area contributed by atoms with E-state index in [1.807, 2.05) is 12.1 Å². The molecule has 3 atom stereocenters. The van der Waals surface area contributed by atoms with Gasteiger partial charge in [0.1, 0.15) is 6.04 Å². The molecule has 2 aromatic rings. The quantitative estimate of drug-likeness (QED) is 0.199. The van der Waals surface area contributed by atoms with Gasteiger partial charge in [-0.25, -0.2) is 5.48 Å². The second kappa shape index (κ2) is 13.5. The summed E-state index contributed by atoms with van der Waals surface area (Å²) in [5, 5.41) is 27.7. The Bertz CT molecular complexity index is 988. The molecule has 1 aliphatic rings. The van der Waals surface area contributed by atoms with E-state index in [9.17, 15) is 14.7 Å². The summed E-state index contributed by atoms with van der Waals surface area (Å²) >= 11 is 0. The molecule has 2 aromatic carbocycles. The van der Waals surface area contributed by atoms with Crippen molar-refractivity contribution in [2.45, 2.75) is 51.9 Å². The largest absolute Gasteiger partial charge is 0.391 e. The highest BCUT2D eigenvalue weighted by atomic mass is 16.5. The minimum Gasteiger partial charge on any atom is -0.391 e. The lowest BCUT2D eigenvalue weighted by Crippen LogP contribution is -2.51. The Balaban J connectivity index is 0.00000408. The summed E-state index contributed by atoms with van der Waals surface area (Å²) in [6.45, 7) is 4.26. The number of hydroxylamine groups is 1. The summed E-state index contributed by atoms with van der Waals surface area (Å²) in [6.07, 6.45) is 1.32.